The third kappa shape index (κ3) is 3.89. The highest BCUT2D eigenvalue weighted by molar-refractivity contribution is 7.89. The summed E-state index contributed by atoms with van der Waals surface area (Å²) >= 11 is 0. The molecule has 140 valence electrons. The van der Waals surface area contributed by atoms with Gasteiger partial charge in [-0.1, -0.05) is 0 Å². The van der Waals surface area contributed by atoms with Gasteiger partial charge >= 0.3 is 18.3 Å². The SMILES string of the molecule is O=C(O)[C@@H]1CN(S(=O)(=O)c2ccc(C(F)(F)F)cc2)C[C@H]1C(F)(F)F. The van der Waals surface area contributed by atoms with Crippen molar-refractivity contribution in [2.45, 2.75) is 17.2 Å². The topological polar surface area (TPSA) is 74.7 Å². The minimum Gasteiger partial charge on any atom is -0.481 e. The van der Waals surface area contributed by atoms with E-state index in [9.17, 15) is 39.6 Å². The maximum atomic E-state index is 12.9. The molecule has 1 aliphatic heterocycles. The second-order valence-corrected chi connectivity index (χ2v) is 7.37. The number of hydrogen-bond acceptors (Lipinski definition) is 3. The lowest BCUT2D eigenvalue weighted by atomic mass is 9.96. The molecule has 1 fully saturated rings. The quantitative estimate of drug-likeness (QED) is 0.804. The molecule has 0 aromatic heterocycles. The number of aliphatic carboxylic acids is 1. The Kier molecular flexibility index (Phi) is 4.81. The van der Waals surface area contributed by atoms with Gasteiger partial charge in [-0.25, -0.2) is 8.42 Å². The van der Waals surface area contributed by atoms with Crippen LogP contribution >= 0.6 is 0 Å². The molecule has 25 heavy (non-hydrogen) atoms. The summed E-state index contributed by atoms with van der Waals surface area (Å²) in [5.74, 6) is -6.18. The van der Waals surface area contributed by atoms with Crippen molar-refractivity contribution in [1.29, 1.82) is 0 Å². The Bertz CT molecular complexity index is 756. The van der Waals surface area contributed by atoms with Crippen LogP contribution in [0.3, 0.4) is 0 Å². The van der Waals surface area contributed by atoms with E-state index < -0.39 is 63.7 Å². The lowest BCUT2D eigenvalue weighted by Crippen LogP contribution is -2.34. The Morgan fingerprint density at radius 3 is 1.92 bits per heavy atom. The maximum Gasteiger partial charge on any atom is 0.416 e. The molecule has 1 heterocycles. The lowest BCUT2D eigenvalue weighted by Gasteiger charge is -2.18. The van der Waals surface area contributed by atoms with Gasteiger partial charge in [-0.15, -0.1) is 0 Å². The third-order valence-corrected chi connectivity index (χ3v) is 5.69. The van der Waals surface area contributed by atoms with Gasteiger partial charge in [0, 0.05) is 13.1 Å². The van der Waals surface area contributed by atoms with Crippen molar-refractivity contribution < 1.29 is 44.7 Å². The smallest absolute Gasteiger partial charge is 0.416 e. The van der Waals surface area contributed by atoms with Crippen molar-refractivity contribution >= 4 is 16.0 Å². The van der Waals surface area contributed by atoms with Crippen LogP contribution in [0.1, 0.15) is 5.56 Å². The summed E-state index contributed by atoms with van der Waals surface area (Å²) in [4.78, 5) is 10.3. The number of carboxylic acid groups (broad SMARTS) is 1. The predicted molar refractivity (Wildman–Crippen MR) is 70.9 cm³/mol. The number of hydrogen-bond donors (Lipinski definition) is 1. The van der Waals surface area contributed by atoms with Crippen molar-refractivity contribution in [2.75, 3.05) is 13.1 Å². The summed E-state index contributed by atoms with van der Waals surface area (Å²) in [6, 6.07) is 2.21. The summed E-state index contributed by atoms with van der Waals surface area (Å²) in [5.41, 5.74) is -1.12. The zero-order valence-electron chi connectivity index (χ0n) is 12.2. The van der Waals surface area contributed by atoms with Gasteiger partial charge in [0.1, 0.15) is 0 Å². The van der Waals surface area contributed by atoms with Crippen LogP contribution in [-0.4, -0.2) is 43.1 Å². The highest BCUT2D eigenvalue weighted by Crippen LogP contribution is 2.40. The molecule has 0 radical (unpaired) electrons. The summed E-state index contributed by atoms with van der Waals surface area (Å²) in [6.45, 7) is -2.02. The summed E-state index contributed by atoms with van der Waals surface area (Å²) in [5, 5.41) is 8.88. The van der Waals surface area contributed by atoms with Crippen molar-refractivity contribution in [2.24, 2.45) is 11.8 Å². The highest BCUT2D eigenvalue weighted by Gasteiger charge is 2.55. The Balaban J connectivity index is 2.33. The molecule has 1 saturated heterocycles. The molecule has 1 N–H and O–H groups in total. The first-order chi connectivity index (χ1) is 11.2. The largest absolute Gasteiger partial charge is 0.481 e. The molecule has 2 rings (SSSR count). The van der Waals surface area contributed by atoms with Crippen LogP contribution in [0.4, 0.5) is 26.3 Å². The van der Waals surface area contributed by atoms with Gasteiger partial charge < -0.3 is 5.11 Å². The number of carboxylic acids is 1. The number of rotatable bonds is 3. The number of nitrogens with zero attached hydrogens (tertiary/aromatic N) is 1. The van der Waals surface area contributed by atoms with E-state index in [1.165, 1.54) is 0 Å². The van der Waals surface area contributed by atoms with E-state index in [4.69, 9.17) is 5.11 Å². The lowest BCUT2D eigenvalue weighted by molar-refractivity contribution is -0.187. The van der Waals surface area contributed by atoms with Crippen molar-refractivity contribution in [3.05, 3.63) is 29.8 Å². The Labute approximate surface area is 137 Å². The van der Waals surface area contributed by atoms with Crippen molar-refractivity contribution in [3.8, 4) is 0 Å². The van der Waals surface area contributed by atoms with E-state index in [0.29, 0.717) is 28.6 Å². The summed E-state index contributed by atoms with van der Waals surface area (Å²) in [6.07, 6.45) is -9.63. The van der Waals surface area contributed by atoms with Crippen molar-refractivity contribution in [3.63, 3.8) is 0 Å². The average Bonchev–Trinajstić information content (AvgIpc) is 2.92. The fourth-order valence-electron chi connectivity index (χ4n) is 2.51. The Morgan fingerprint density at radius 2 is 1.56 bits per heavy atom. The normalized spacial score (nSPS) is 23.0. The molecule has 1 aromatic rings. The molecule has 0 bridgehead atoms. The molecule has 0 amide bonds. The molecule has 2 atom stereocenters. The molecule has 0 unspecified atom stereocenters. The fourth-order valence-corrected chi connectivity index (χ4v) is 4.00. The van der Waals surface area contributed by atoms with E-state index in [0.717, 1.165) is 0 Å². The van der Waals surface area contributed by atoms with Gasteiger partial charge in [-0.2, -0.15) is 30.6 Å². The molecule has 5 nitrogen and oxygen atoms in total. The number of halogens is 6. The summed E-state index contributed by atoms with van der Waals surface area (Å²) < 4.78 is 101. The minimum absolute atomic E-state index is 0.326. The van der Waals surface area contributed by atoms with Gasteiger partial charge in [-0.05, 0) is 24.3 Å². The van der Waals surface area contributed by atoms with Crippen LogP contribution in [0.5, 0.6) is 0 Å². The molecular weight excluding hydrogens is 380 g/mol. The number of alkyl halides is 6. The van der Waals surface area contributed by atoms with E-state index >= 15 is 0 Å². The molecule has 1 aliphatic rings. The van der Waals surface area contributed by atoms with Gasteiger partial charge in [-0.3, -0.25) is 4.79 Å². The van der Waals surface area contributed by atoms with E-state index in [2.05, 4.69) is 0 Å². The van der Waals surface area contributed by atoms with Gasteiger partial charge in [0.2, 0.25) is 10.0 Å². The zero-order chi connectivity index (χ0) is 19.2. The number of sulfonamides is 1. The highest BCUT2D eigenvalue weighted by atomic mass is 32.2. The van der Waals surface area contributed by atoms with Crippen LogP contribution < -0.4 is 0 Å². The van der Waals surface area contributed by atoms with E-state index in [1.807, 2.05) is 0 Å². The average molecular weight is 391 g/mol. The number of carbonyl (C=O) groups is 1. The first-order valence-electron chi connectivity index (χ1n) is 6.71. The first kappa shape index (κ1) is 19.5. The van der Waals surface area contributed by atoms with Crippen LogP contribution in [0, 0.1) is 11.8 Å². The third-order valence-electron chi connectivity index (χ3n) is 3.84. The van der Waals surface area contributed by atoms with Gasteiger partial charge in [0.05, 0.1) is 22.3 Å². The monoisotopic (exact) mass is 391 g/mol. The van der Waals surface area contributed by atoms with Crippen molar-refractivity contribution in [1.82, 2.24) is 4.31 Å². The van der Waals surface area contributed by atoms with E-state index in [-0.39, 0.29) is 0 Å². The van der Waals surface area contributed by atoms with Gasteiger partial charge in [0.15, 0.2) is 0 Å². The maximum absolute atomic E-state index is 12.9. The molecule has 0 aliphatic carbocycles. The summed E-state index contributed by atoms with van der Waals surface area (Å²) in [7, 11) is -4.56. The standard InChI is InChI=1S/C13H11F6NO4S/c14-12(15,16)7-1-3-8(4-2-7)25(23,24)20-5-9(11(21)22)10(6-20)13(17,18)19/h1-4,9-10H,5-6H2,(H,21,22)/t9-,10-/m1/s1. The first-order valence-corrected chi connectivity index (χ1v) is 8.15. The van der Waals surface area contributed by atoms with Crippen LogP contribution in [0.2, 0.25) is 0 Å². The Morgan fingerprint density at radius 1 is 1.04 bits per heavy atom. The second-order valence-electron chi connectivity index (χ2n) is 5.44. The molecule has 0 spiro atoms. The van der Waals surface area contributed by atoms with Crippen LogP contribution in [0.15, 0.2) is 29.2 Å². The minimum atomic E-state index is -4.92. The molecule has 1 aromatic carbocycles. The number of benzene rings is 1. The van der Waals surface area contributed by atoms with Crippen LogP contribution in [0.25, 0.3) is 0 Å². The predicted octanol–water partition coefficient (Wildman–Crippen LogP) is 2.59. The molecule has 0 saturated carbocycles. The van der Waals surface area contributed by atoms with Gasteiger partial charge in [0.25, 0.3) is 0 Å². The molecule has 12 heteroatoms. The second kappa shape index (κ2) is 6.16. The molecular formula is C13H11F6NO4S. The fraction of sp³-hybridized carbons (Fsp3) is 0.462. The Hall–Kier alpha value is -1.82. The van der Waals surface area contributed by atoms with E-state index in [1.54, 1.807) is 0 Å². The van der Waals surface area contributed by atoms with Crippen LogP contribution in [-0.2, 0) is 21.0 Å². The zero-order valence-corrected chi connectivity index (χ0v) is 13.0.